The summed E-state index contributed by atoms with van der Waals surface area (Å²) in [5.74, 6) is 0.530. The molecule has 2 unspecified atom stereocenters. The lowest BCUT2D eigenvalue weighted by Crippen LogP contribution is -2.30. The fourth-order valence-corrected chi connectivity index (χ4v) is 1.99. The minimum Gasteiger partial charge on any atom is -0.392 e. The monoisotopic (exact) mass is 239 g/mol. The number of aromatic nitrogens is 2. The second-order valence-corrected chi connectivity index (χ2v) is 5.22. The van der Waals surface area contributed by atoms with Crippen molar-refractivity contribution in [3.05, 3.63) is 17.5 Å². The number of aliphatic hydroxyl groups excluding tert-OH is 1. The average Bonchev–Trinajstić information content (AvgIpc) is 2.55. The highest BCUT2D eigenvalue weighted by Crippen LogP contribution is 2.16. The van der Waals surface area contributed by atoms with Gasteiger partial charge in [0.2, 0.25) is 0 Å². The Kier molecular flexibility index (Phi) is 5.15. The summed E-state index contributed by atoms with van der Waals surface area (Å²) < 4.78 is 1.87. The van der Waals surface area contributed by atoms with Gasteiger partial charge in [0, 0.05) is 30.9 Å². The van der Waals surface area contributed by atoms with Gasteiger partial charge in [-0.3, -0.25) is 4.68 Å². The van der Waals surface area contributed by atoms with Crippen molar-refractivity contribution < 1.29 is 5.11 Å². The van der Waals surface area contributed by atoms with E-state index in [1.54, 1.807) is 0 Å². The molecule has 0 aliphatic rings. The van der Waals surface area contributed by atoms with E-state index in [4.69, 9.17) is 0 Å². The lowest BCUT2D eigenvalue weighted by atomic mass is 10.1. The summed E-state index contributed by atoms with van der Waals surface area (Å²) in [7, 11) is 1.94. The first-order valence-corrected chi connectivity index (χ1v) is 6.31. The molecule has 1 aromatic heterocycles. The normalized spacial score (nSPS) is 15.2. The second-order valence-electron chi connectivity index (χ2n) is 5.22. The average molecular weight is 239 g/mol. The van der Waals surface area contributed by atoms with Crippen LogP contribution in [-0.4, -0.2) is 27.5 Å². The van der Waals surface area contributed by atoms with Gasteiger partial charge in [0.15, 0.2) is 0 Å². The first-order chi connectivity index (χ1) is 7.91. The summed E-state index contributed by atoms with van der Waals surface area (Å²) in [6, 6.07) is 0.227. The van der Waals surface area contributed by atoms with Gasteiger partial charge < -0.3 is 10.4 Å². The Bertz CT molecular complexity index is 346. The minimum absolute atomic E-state index is 0.227. The Morgan fingerprint density at radius 1 is 1.41 bits per heavy atom. The predicted molar refractivity (Wildman–Crippen MR) is 69.8 cm³/mol. The van der Waals surface area contributed by atoms with Crippen molar-refractivity contribution in [1.82, 2.24) is 15.1 Å². The van der Waals surface area contributed by atoms with Gasteiger partial charge in [-0.1, -0.05) is 13.8 Å². The van der Waals surface area contributed by atoms with Crippen LogP contribution < -0.4 is 5.32 Å². The number of hydrogen-bond donors (Lipinski definition) is 2. The summed E-state index contributed by atoms with van der Waals surface area (Å²) in [5.41, 5.74) is 2.37. The van der Waals surface area contributed by atoms with E-state index in [1.165, 1.54) is 11.3 Å². The van der Waals surface area contributed by atoms with E-state index in [1.807, 2.05) is 17.9 Å². The number of aryl methyl sites for hydroxylation is 1. The summed E-state index contributed by atoms with van der Waals surface area (Å²) in [5, 5.41) is 17.4. The second kappa shape index (κ2) is 6.17. The van der Waals surface area contributed by atoms with Crippen LogP contribution in [0.3, 0.4) is 0 Å². The molecule has 0 amide bonds. The van der Waals surface area contributed by atoms with Crippen LogP contribution in [0.2, 0.25) is 0 Å². The van der Waals surface area contributed by atoms with Gasteiger partial charge in [-0.15, -0.1) is 0 Å². The molecule has 0 aliphatic carbocycles. The quantitative estimate of drug-likeness (QED) is 0.795. The third kappa shape index (κ3) is 4.13. The molecule has 0 spiro atoms. The maximum Gasteiger partial charge on any atom is 0.0667 e. The molecule has 0 fully saturated rings. The van der Waals surface area contributed by atoms with E-state index >= 15 is 0 Å². The van der Waals surface area contributed by atoms with Crippen LogP contribution in [0.25, 0.3) is 0 Å². The molecule has 2 atom stereocenters. The smallest absolute Gasteiger partial charge is 0.0667 e. The van der Waals surface area contributed by atoms with Crippen LogP contribution in [0.5, 0.6) is 0 Å². The van der Waals surface area contributed by atoms with Crippen molar-refractivity contribution in [2.45, 2.75) is 46.3 Å². The molecular formula is C13H25N3O. The summed E-state index contributed by atoms with van der Waals surface area (Å²) in [6.45, 7) is 9.04. The number of aliphatic hydroxyl groups is 1. The van der Waals surface area contributed by atoms with Crippen molar-refractivity contribution >= 4 is 0 Å². The highest BCUT2D eigenvalue weighted by Gasteiger charge is 2.13. The Hall–Kier alpha value is -0.870. The largest absolute Gasteiger partial charge is 0.392 e. The van der Waals surface area contributed by atoms with E-state index in [-0.39, 0.29) is 12.1 Å². The molecule has 0 radical (unpaired) electrons. The molecular weight excluding hydrogens is 214 g/mol. The van der Waals surface area contributed by atoms with Gasteiger partial charge in [0.25, 0.3) is 0 Å². The number of nitrogens with one attached hydrogen (secondary N) is 1. The van der Waals surface area contributed by atoms with Crippen molar-refractivity contribution in [2.75, 3.05) is 6.54 Å². The summed E-state index contributed by atoms with van der Waals surface area (Å²) in [4.78, 5) is 0. The fraction of sp³-hybridized carbons (Fsp3) is 0.769. The predicted octanol–water partition coefficient (Wildman–Crippen LogP) is 1.79. The zero-order valence-electron chi connectivity index (χ0n) is 11.6. The fourth-order valence-electron chi connectivity index (χ4n) is 1.99. The van der Waals surface area contributed by atoms with E-state index in [2.05, 4.69) is 38.1 Å². The number of hydrogen-bond acceptors (Lipinski definition) is 3. The molecule has 98 valence electrons. The molecule has 1 rings (SSSR count). The molecule has 0 aliphatic heterocycles. The molecule has 2 N–H and O–H groups in total. The highest BCUT2D eigenvalue weighted by molar-refractivity contribution is 5.19. The van der Waals surface area contributed by atoms with E-state index in [0.29, 0.717) is 12.5 Å². The molecule has 0 saturated carbocycles. The molecule has 1 aromatic rings. The van der Waals surface area contributed by atoms with Gasteiger partial charge in [-0.25, -0.2) is 0 Å². The molecule has 0 bridgehead atoms. The summed E-state index contributed by atoms with van der Waals surface area (Å²) in [6.07, 6.45) is 2.46. The van der Waals surface area contributed by atoms with Crippen molar-refractivity contribution in [1.29, 1.82) is 0 Å². The molecule has 17 heavy (non-hydrogen) atoms. The van der Waals surface area contributed by atoms with Crippen LogP contribution in [0.4, 0.5) is 0 Å². The Morgan fingerprint density at radius 2 is 2.06 bits per heavy atom. The van der Waals surface area contributed by atoms with Crippen LogP contribution in [0.15, 0.2) is 6.20 Å². The topological polar surface area (TPSA) is 50.1 Å². The van der Waals surface area contributed by atoms with Crippen LogP contribution in [0.1, 0.15) is 44.5 Å². The van der Waals surface area contributed by atoms with E-state index in [0.717, 1.165) is 6.42 Å². The molecule has 4 nitrogen and oxygen atoms in total. The van der Waals surface area contributed by atoms with Crippen LogP contribution in [-0.2, 0) is 7.05 Å². The molecule has 4 heteroatoms. The number of rotatable bonds is 6. The van der Waals surface area contributed by atoms with Crippen molar-refractivity contribution in [3.63, 3.8) is 0 Å². The SMILES string of the molecule is Cc1c(C(C)NCC(O)CC(C)C)cnn1C. The minimum atomic E-state index is -0.269. The zero-order chi connectivity index (χ0) is 13.0. The maximum absolute atomic E-state index is 9.81. The highest BCUT2D eigenvalue weighted by atomic mass is 16.3. The van der Waals surface area contributed by atoms with Gasteiger partial charge in [0.05, 0.1) is 12.3 Å². The molecule has 0 saturated heterocycles. The maximum atomic E-state index is 9.81. The standard InChI is InChI=1S/C13H25N3O/c1-9(2)6-12(17)7-14-10(3)13-8-15-16(5)11(13)4/h8-10,12,14,17H,6-7H2,1-5H3. The lowest BCUT2D eigenvalue weighted by Gasteiger charge is -2.18. The molecule has 1 heterocycles. The lowest BCUT2D eigenvalue weighted by molar-refractivity contribution is 0.143. The third-order valence-electron chi connectivity index (χ3n) is 3.14. The van der Waals surface area contributed by atoms with Gasteiger partial charge in [-0.05, 0) is 26.2 Å². The third-order valence-corrected chi connectivity index (χ3v) is 3.14. The van der Waals surface area contributed by atoms with Gasteiger partial charge in [0.1, 0.15) is 0 Å². The summed E-state index contributed by atoms with van der Waals surface area (Å²) >= 11 is 0. The van der Waals surface area contributed by atoms with E-state index in [9.17, 15) is 5.11 Å². The van der Waals surface area contributed by atoms with Gasteiger partial charge in [-0.2, -0.15) is 5.10 Å². The Morgan fingerprint density at radius 3 is 2.53 bits per heavy atom. The van der Waals surface area contributed by atoms with Gasteiger partial charge >= 0.3 is 0 Å². The van der Waals surface area contributed by atoms with Crippen LogP contribution >= 0.6 is 0 Å². The number of nitrogens with zero attached hydrogens (tertiary/aromatic N) is 2. The Labute approximate surface area is 104 Å². The first-order valence-electron chi connectivity index (χ1n) is 6.31. The van der Waals surface area contributed by atoms with Crippen molar-refractivity contribution in [3.8, 4) is 0 Å². The Balaban J connectivity index is 2.45. The van der Waals surface area contributed by atoms with Crippen LogP contribution in [0, 0.1) is 12.8 Å². The van der Waals surface area contributed by atoms with Crippen molar-refractivity contribution in [2.24, 2.45) is 13.0 Å². The van der Waals surface area contributed by atoms with E-state index < -0.39 is 0 Å². The first kappa shape index (κ1) is 14.2. The zero-order valence-corrected chi connectivity index (χ0v) is 11.6. The molecule has 0 aromatic carbocycles.